The Kier molecular flexibility index (Phi) is 8.46. The van der Waals surface area contributed by atoms with Crippen LogP contribution in [0.3, 0.4) is 0 Å². The first-order valence-electron chi connectivity index (χ1n) is 19.5. The van der Waals surface area contributed by atoms with Crippen LogP contribution in [-0.2, 0) is 16.1 Å². The molecule has 5 aromatic rings. The van der Waals surface area contributed by atoms with E-state index in [4.69, 9.17) is 9.84 Å². The Bertz CT molecular complexity index is 2470. The van der Waals surface area contributed by atoms with Gasteiger partial charge in [-0.3, -0.25) is 34.1 Å². The van der Waals surface area contributed by atoms with Crippen molar-refractivity contribution in [3.63, 3.8) is 0 Å². The number of likely N-dealkylation sites (tertiary alicyclic amines) is 1. The number of rotatable bonds is 10. The molecule has 2 N–H and O–H groups in total. The van der Waals surface area contributed by atoms with E-state index >= 15 is 8.78 Å². The minimum absolute atomic E-state index is 0.0237. The molecule has 7 heterocycles. The van der Waals surface area contributed by atoms with Crippen molar-refractivity contribution < 1.29 is 32.7 Å². The van der Waals surface area contributed by atoms with Gasteiger partial charge in [0.05, 0.1) is 48.8 Å². The van der Waals surface area contributed by atoms with Crippen LogP contribution in [0.4, 0.5) is 20.2 Å². The number of imide groups is 1. The van der Waals surface area contributed by atoms with Gasteiger partial charge in [-0.1, -0.05) is 0 Å². The van der Waals surface area contributed by atoms with Crippen molar-refractivity contribution in [1.82, 2.24) is 39.5 Å². The van der Waals surface area contributed by atoms with Crippen LogP contribution in [0.2, 0.25) is 0 Å². The number of benzene rings is 2. The lowest BCUT2D eigenvalue weighted by Gasteiger charge is -2.48. The minimum Gasteiger partial charge on any atom is -0.491 e. The molecular weight excluding hydrogens is 739 g/mol. The molecule has 0 radical (unpaired) electrons. The van der Waals surface area contributed by atoms with E-state index in [1.54, 1.807) is 33.9 Å². The molecular formula is C40H40F2N10O5. The number of piperidine rings is 2. The van der Waals surface area contributed by atoms with Crippen molar-refractivity contribution in [2.45, 2.75) is 62.8 Å². The van der Waals surface area contributed by atoms with Gasteiger partial charge in [-0.2, -0.15) is 10.2 Å². The van der Waals surface area contributed by atoms with Crippen LogP contribution >= 0.6 is 0 Å². The van der Waals surface area contributed by atoms with Crippen LogP contribution in [0.5, 0.6) is 5.75 Å². The van der Waals surface area contributed by atoms with Gasteiger partial charge < -0.3 is 19.9 Å². The predicted molar refractivity (Wildman–Crippen MR) is 202 cm³/mol. The van der Waals surface area contributed by atoms with Crippen LogP contribution in [0.15, 0.2) is 55.1 Å². The molecule has 1 aliphatic carbocycles. The number of ether oxygens (including phenoxy) is 1. The van der Waals surface area contributed by atoms with E-state index in [-0.39, 0.29) is 68.1 Å². The lowest BCUT2D eigenvalue weighted by Crippen LogP contribution is -2.64. The number of nitrogens with zero attached hydrogens (tertiary/aromatic N) is 8. The van der Waals surface area contributed by atoms with E-state index in [0.29, 0.717) is 53.8 Å². The Morgan fingerprint density at radius 1 is 1.05 bits per heavy atom. The number of hydrogen-bond donors (Lipinski definition) is 2. The Morgan fingerprint density at radius 2 is 1.88 bits per heavy atom. The van der Waals surface area contributed by atoms with Crippen LogP contribution in [0.25, 0.3) is 16.6 Å². The fourth-order valence-corrected chi connectivity index (χ4v) is 8.61. The number of aromatic nitrogens is 5. The van der Waals surface area contributed by atoms with Crippen LogP contribution in [-0.4, -0.2) is 109 Å². The summed E-state index contributed by atoms with van der Waals surface area (Å²) in [4.78, 5) is 60.0. The normalized spacial score (nSPS) is 21.2. The van der Waals surface area contributed by atoms with Gasteiger partial charge in [-0.25, -0.2) is 18.3 Å². The quantitative estimate of drug-likeness (QED) is 0.199. The second-order valence-corrected chi connectivity index (χ2v) is 16.0. The summed E-state index contributed by atoms with van der Waals surface area (Å²) in [5, 5.41) is 15.3. The summed E-state index contributed by atoms with van der Waals surface area (Å²) in [5.41, 5.74) is 1.58. The number of amides is 4. The summed E-state index contributed by atoms with van der Waals surface area (Å²) in [6.45, 7) is 2.29. The van der Waals surface area contributed by atoms with E-state index in [1.165, 1.54) is 17.2 Å². The third kappa shape index (κ3) is 6.62. The Hall–Kier alpha value is -5.97. The molecule has 1 atom stereocenters. The standard InChI is InChI=1S/C40H40F2N10O5/c41-29-14-27-24(17-50(39(27)56)32-4-5-35(53)46-38(32)55)13-33(29)49-21-40(42,22-49)20-48-10-6-26(7-11-48)52-18-25-12-31(34(15-30(25)47-52)57-19-23-2-3-23)45-37(54)28-16-44-51-9-1-8-43-36(28)51/h1,8-9,12-16,18,23,26,32H,2-7,10-11,17,19-22H2,(H,45,54)(H,46,53,55). The molecule has 2 aromatic carbocycles. The van der Waals surface area contributed by atoms with E-state index in [1.807, 2.05) is 23.0 Å². The molecule has 5 aliphatic rings. The zero-order valence-electron chi connectivity index (χ0n) is 31.0. The SMILES string of the molecule is O=C1CCC(N2Cc3cc(N4CC(F)(CN5CCC(n6cc7cc(NC(=O)c8cnn9cccnc89)c(OCC8CC8)cc7n6)CC5)C4)c(F)cc3C2=O)C(=O)N1. The molecule has 4 aliphatic heterocycles. The van der Waals surface area contributed by atoms with Gasteiger partial charge in [-0.05, 0) is 67.9 Å². The lowest BCUT2D eigenvalue weighted by atomic mass is 9.92. The fraction of sp³-hybridized carbons (Fsp3) is 0.425. The van der Waals surface area contributed by atoms with Gasteiger partial charge in [0.1, 0.15) is 23.2 Å². The van der Waals surface area contributed by atoms with Gasteiger partial charge in [0.15, 0.2) is 11.3 Å². The monoisotopic (exact) mass is 778 g/mol. The summed E-state index contributed by atoms with van der Waals surface area (Å²) in [6.07, 6.45) is 11.0. The lowest BCUT2D eigenvalue weighted by molar-refractivity contribution is -0.136. The average molecular weight is 779 g/mol. The molecule has 0 spiro atoms. The first-order chi connectivity index (χ1) is 27.6. The second kappa shape index (κ2) is 13.6. The molecule has 4 fully saturated rings. The van der Waals surface area contributed by atoms with Gasteiger partial charge in [0.25, 0.3) is 11.8 Å². The maximum atomic E-state index is 16.1. The molecule has 57 heavy (non-hydrogen) atoms. The highest BCUT2D eigenvalue weighted by molar-refractivity contribution is 6.09. The number of halogens is 2. The fourth-order valence-electron chi connectivity index (χ4n) is 8.61. The van der Waals surface area contributed by atoms with Crippen LogP contribution in [0.1, 0.15) is 70.8 Å². The first kappa shape index (κ1) is 35.4. The highest BCUT2D eigenvalue weighted by Crippen LogP contribution is 2.39. The van der Waals surface area contributed by atoms with Crippen LogP contribution < -0.4 is 20.3 Å². The summed E-state index contributed by atoms with van der Waals surface area (Å²) in [7, 11) is 0. The Balaban J connectivity index is 0.772. The molecule has 0 bridgehead atoms. The van der Waals surface area contributed by atoms with Crippen molar-refractivity contribution in [2.75, 3.05) is 49.5 Å². The van der Waals surface area contributed by atoms with Crippen molar-refractivity contribution in [3.05, 3.63) is 77.6 Å². The summed E-state index contributed by atoms with van der Waals surface area (Å²) in [6, 6.07) is 7.58. The summed E-state index contributed by atoms with van der Waals surface area (Å²) >= 11 is 0. The van der Waals surface area contributed by atoms with Gasteiger partial charge in [0, 0.05) is 68.2 Å². The number of carbonyl (C=O) groups excluding carboxylic acids is 4. The molecule has 10 rings (SSSR count). The number of anilines is 2. The van der Waals surface area contributed by atoms with Crippen molar-refractivity contribution in [2.24, 2.45) is 5.92 Å². The van der Waals surface area contributed by atoms with E-state index in [0.717, 1.165) is 36.6 Å². The molecule has 3 aromatic heterocycles. The second-order valence-electron chi connectivity index (χ2n) is 16.0. The van der Waals surface area contributed by atoms with Crippen LogP contribution in [0, 0.1) is 11.7 Å². The van der Waals surface area contributed by atoms with E-state index in [2.05, 4.69) is 25.6 Å². The Labute approximate surface area is 324 Å². The number of hydrogen-bond acceptors (Lipinski definition) is 10. The summed E-state index contributed by atoms with van der Waals surface area (Å²) in [5.74, 6) is -1.24. The first-order valence-corrected chi connectivity index (χ1v) is 19.5. The zero-order valence-corrected chi connectivity index (χ0v) is 31.0. The number of fused-ring (bicyclic) bond motifs is 3. The summed E-state index contributed by atoms with van der Waals surface area (Å²) < 4.78 is 41.1. The van der Waals surface area contributed by atoms with E-state index in [9.17, 15) is 19.2 Å². The molecule has 15 nitrogen and oxygen atoms in total. The minimum atomic E-state index is -1.52. The molecule has 1 saturated carbocycles. The largest absolute Gasteiger partial charge is 0.491 e. The maximum Gasteiger partial charge on any atom is 0.261 e. The maximum absolute atomic E-state index is 16.1. The highest BCUT2D eigenvalue weighted by Gasteiger charge is 2.47. The van der Waals surface area contributed by atoms with Gasteiger partial charge in [-0.15, -0.1) is 0 Å². The number of nitrogens with one attached hydrogen (secondary N) is 2. The third-order valence-corrected chi connectivity index (χ3v) is 11.9. The smallest absolute Gasteiger partial charge is 0.261 e. The van der Waals surface area contributed by atoms with Crippen molar-refractivity contribution in [1.29, 1.82) is 0 Å². The predicted octanol–water partition coefficient (Wildman–Crippen LogP) is 3.89. The number of alkyl halides is 1. The molecule has 4 amide bonds. The van der Waals surface area contributed by atoms with Gasteiger partial charge in [0.2, 0.25) is 11.8 Å². The van der Waals surface area contributed by atoms with Crippen molar-refractivity contribution >= 4 is 51.6 Å². The average Bonchev–Trinajstić information content (AvgIpc) is 3.63. The third-order valence-electron chi connectivity index (χ3n) is 11.9. The topological polar surface area (TPSA) is 159 Å². The molecule has 17 heteroatoms. The van der Waals surface area contributed by atoms with E-state index < -0.39 is 29.3 Å². The molecule has 1 unspecified atom stereocenters. The Morgan fingerprint density at radius 3 is 2.67 bits per heavy atom. The molecule has 3 saturated heterocycles. The zero-order chi connectivity index (χ0) is 39.0. The molecule has 294 valence electrons. The number of carbonyl (C=O) groups is 4. The highest BCUT2D eigenvalue weighted by atomic mass is 19.1. The van der Waals surface area contributed by atoms with Crippen molar-refractivity contribution in [3.8, 4) is 5.75 Å². The van der Waals surface area contributed by atoms with Gasteiger partial charge >= 0.3 is 0 Å².